The minimum atomic E-state index is -0.616. The second-order valence-electron chi connectivity index (χ2n) is 3.54. The summed E-state index contributed by atoms with van der Waals surface area (Å²) in [7, 11) is 1.26. The summed E-state index contributed by atoms with van der Waals surface area (Å²) in [5, 5.41) is 9.05. The number of unbranched alkanes of at least 4 members (excludes halogenated alkanes) is 1. The normalized spacial score (nSPS) is 11.6. The average molecular weight is 233 g/mol. The summed E-state index contributed by atoms with van der Waals surface area (Å²) < 4.78 is 9.85. The first-order chi connectivity index (χ1) is 8.24. The zero-order valence-electron chi connectivity index (χ0n) is 10.0. The molecule has 0 aliphatic carbocycles. The number of nitriles is 1. The summed E-state index contributed by atoms with van der Waals surface area (Å²) in [6.45, 7) is 2.05. The van der Waals surface area contributed by atoms with Crippen molar-refractivity contribution in [2.45, 2.75) is 26.2 Å². The van der Waals surface area contributed by atoms with Crippen molar-refractivity contribution in [3.63, 3.8) is 0 Å². The number of esters is 1. The second-order valence-corrected chi connectivity index (χ2v) is 3.54. The van der Waals surface area contributed by atoms with E-state index in [1.807, 2.05) is 13.0 Å². The van der Waals surface area contributed by atoms with E-state index >= 15 is 0 Å². The number of rotatable bonds is 5. The van der Waals surface area contributed by atoms with E-state index in [1.54, 1.807) is 12.1 Å². The van der Waals surface area contributed by atoms with Crippen LogP contribution in [-0.4, -0.2) is 13.1 Å². The zero-order valence-corrected chi connectivity index (χ0v) is 10.0. The highest BCUT2D eigenvalue weighted by Crippen LogP contribution is 2.25. The van der Waals surface area contributed by atoms with Gasteiger partial charge in [-0.05, 0) is 25.0 Å². The molecule has 90 valence electrons. The van der Waals surface area contributed by atoms with Gasteiger partial charge in [0.05, 0.1) is 13.4 Å². The molecule has 1 aromatic heterocycles. The lowest BCUT2D eigenvalue weighted by Gasteiger charge is -2.06. The molecule has 0 spiro atoms. The Labute approximate surface area is 100 Å². The Bertz CT molecular complexity index is 438. The fraction of sp³-hybridized carbons (Fsp3) is 0.385. The molecule has 1 rings (SSSR count). The van der Waals surface area contributed by atoms with E-state index in [2.05, 4.69) is 4.74 Å². The molecule has 4 nitrogen and oxygen atoms in total. The van der Waals surface area contributed by atoms with E-state index in [9.17, 15) is 4.79 Å². The number of furan rings is 1. The van der Waals surface area contributed by atoms with Gasteiger partial charge < -0.3 is 9.15 Å². The molecule has 0 bridgehead atoms. The third-order valence-electron chi connectivity index (χ3n) is 2.40. The Kier molecular flexibility index (Phi) is 5.02. The van der Waals surface area contributed by atoms with Crippen molar-refractivity contribution in [2.75, 3.05) is 7.11 Å². The number of carbonyl (C=O) groups is 1. The Balaban J connectivity index is 3.15. The molecule has 17 heavy (non-hydrogen) atoms. The first-order valence-corrected chi connectivity index (χ1v) is 5.50. The van der Waals surface area contributed by atoms with Crippen molar-refractivity contribution in [3.8, 4) is 6.07 Å². The monoisotopic (exact) mass is 233 g/mol. The van der Waals surface area contributed by atoms with Crippen LogP contribution in [0.2, 0.25) is 0 Å². The number of ether oxygens (including phenoxy) is 1. The predicted molar refractivity (Wildman–Crippen MR) is 62.8 cm³/mol. The highest BCUT2D eigenvalue weighted by Gasteiger charge is 2.18. The molecule has 1 heterocycles. The smallest absolute Gasteiger partial charge is 0.349 e. The summed E-state index contributed by atoms with van der Waals surface area (Å²) in [6, 6.07) is 5.37. The molecule has 0 aliphatic heterocycles. The Morgan fingerprint density at radius 2 is 2.35 bits per heavy atom. The number of hydrogen-bond donors (Lipinski definition) is 0. The molecule has 0 aromatic carbocycles. The van der Waals surface area contributed by atoms with Crippen molar-refractivity contribution in [3.05, 3.63) is 29.7 Å². The fourth-order valence-corrected chi connectivity index (χ4v) is 1.51. The SMILES string of the molecule is CCCCC(=C(C#N)C(=O)OC)c1ccco1. The summed E-state index contributed by atoms with van der Waals surface area (Å²) in [6.07, 6.45) is 4.01. The van der Waals surface area contributed by atoms with Crippen LogP contribution in [0.3, 0.4) is 0 Å². The lowest BCUT2D eigenvalue weighted by Crippen LogP contribution is -2.06. The maximum Gasteiger partial charge on any atom is 0.349 e. The van der Waals surface area contributed by atoms with Crippen LogP contribution in [0.4, 0.5) is 0 Å². The van der Waals surface area contributed by atoms with Gasteiger partial charge in [0.2, 0.25) is 0 Å². The van der Waals surface area contributed by atoms with E-state index < -0.39 is 5.97 Å². The van der Waals surface area contributed by atoms with E-state index in [1.165, 1.54) is 13.4 Å². The van der Waals surface area contributed by atoms with E-state index in [4.69, 9.17) is 9.68 Å². The Morgan fingerprint density at radius 3 is 2.82 bits per heavy atom. The number of methoxy groups -OCH3 is 1. The molecule has 0 radical (unpaired) electrons. The van der Waals surface area contributed by atoms with Gasteiger partial charge in [0.15, 0.2) is 0 Å². The van der Waals surface area contributed by atoms with Crippen LogP contribution >= 0.6 is 0 Å². The number of nitrogens with zero attached hydrogens (tertiary/aromatic N) is 1. The largest absolute Gasteiger partial charge is 0.465 e. The molecular weight excluding hydrogens is 218 g/mol. The van der Waals surface area contributed by atoms with Gasteiger partial charge in [-0.2, -0.15) is 5.26 Å². The summed E-state index contributed by atoms with van der Waals surface area (Å²) in [5.41, 5.74) is 0.641. The molecule has 0 atom stereocenters. The van der Waals surface area contributed by atoms with Gasteiger partial charge in [0, 0.05) is 5.57 Å². The molecule has 0 N–H and O–H groups in total. The average Bonchev–Trinajstić information content (AvgIpc) is 2.87. The summed E-state index contributed by atoms with van der Waals surface area (Å²) >= 11 is 0. The van der Waals surface area contributed by atoms with Gasteiger partial charge in [0.1, 0.15) is 17.4 Å². The maximum atomic E-state index is 11.5. The van der Waals surface area contributed by atoms with Crippen LogP contribution in [0.5, 0.6) is 0 Å². The fourth-order valence-electron chi connectivity index (χ4n) is 1.51. The molecule has 0 amide bonds. The second kappa shape index (κ2) is 6.54. The lowest BCUT2D eigenvalue weighted by atomic mass is 10.0. The molecule has 0 fully saturated rings. The first-order valence-electron chi connectivity index (χ1n) is 5.50. The van der Waals surface area contributed by atoms with E-state index in [0.717, 1.165) is 12.8 Å². The quantitative estimate of drug-likeness (QED) is 0.445. The number of allylic oxidation sites excluding steroid dienone is 1. The zero-order chi connectivity index (χ0) is 12.7. The molecular formula is C13H15NO3. The van der Waals surface area contributed by atoms with Crippen molar-refractivity contribution < 1.29 is 13.9 Å². The van der Waals surface area contributed by atoms with Gasteiger partial charge in [-0.3, -0.25) is 0 Å². The maximum absolute atomic E-state index is 11.5. The van der Waals surface area contributed by atoms with E-state index in [-0.39, 0.29) is 5.57 Å². The minimum absolute atomic E-state index is 0.0240. The highest BCUT2D eigenvalue weighted by molar-refractivity contribution is 6.01. The predicted octanol–water partition coefficient (Wildman–Crippen LogP) is 2.92. The molecule has 0 aliphatic rings. The highest BCUT2D eigenvalue weighted by atomic mass is 16.5. The van der Waals surface area contributed by atoms with Crippen LogP contribution in [-0.2, 0) is 9.53 Å². The van der Waals surface area contributed by atoms with Crippen molar-refractivity contribution >= 4 is 11.5 Å². The lowest BCUT2D eigenvalue weighted by molar-refractivity contribution is -0.135. The van der Waals surface area contributed by atoms with Crippen LogP contribution in [0.25, 0.3) is 5.57 Å². The third-order valence-corrected chi connectivity index (χ3v) is 2.40. The van der Waals surface area contributed by atoms with Crippen LogP contribution in [0.1, 0.15) is 31.9 Å². The van der Waals surface area contributed by atoms with Crippen LogP contribution in [0, 0.1) is 11.3 Å². The third kappa shape index (κ3) is 3.22. The van der Waals surface area contributed by atoms with Gasteiger partial charge in [-0.1, -0.05) is 13.3 Å². The van der Waals surface area contributed by atoms with Crippen LogP contribution < -0.4 is 0 Å². The Hall–Kier alpha value is -2.02. The standard InChI is InChI=1S/C13H15NO3/c1-3-4-6-10(12-7-5-8-17-12)11(9-14)13(15)16-2/h5,7-8H,3-4,6H2,1-2H3. The molecule has 0 saturated carbocycles. The molecule has 1 aromatic rings. The Morgan fingerprint density at radius 1 is 1.59 bits per heavy atom. The van der Waals surface area contributed by atoms with Crippen molar-refractivity contribution in [1.82, 2.24) is 0 Å². The van der Waals surface area contributed by atoms with Crippen molar-refractivity contribution in [2.24, 2.45) is 0 Å². The molecule has 0 saturated heterocycles. The summed E-state index contributed by atoms with van der Waals surface area (Å²) in [5.74, 6) is -0.0598. The first kappa shape index (κ1) is 13.0. The minimum Gasteiger partial charge on any atom is -0.465 e. The number of carbonyl (C=O) groups excluding carboxylic acids is 1. The number of hydrogen-bond acceptors (Lipinski definition) is 4. The van der Waals surface area contributed by atoms with Gasteiger partial charge >= 0.3 is 5.97 Å². The topological polar surface area (TPSA) is 63.2 Å². The van der Waals surface area contributed by atoms with Gasteiger partial charge in [-0.25, -0.2) is 4.79 Å². The van der Waals surface area contributed by atoms with Crippen molar-refractivity contribution in [1.29, 1.82) is 5.26 Å². The molecule has 0 unspecified atom stereocenters. The van der Waals surface area contributed by atoms with Crippen LogP contribution in [0.15, 0.2) is 28.4 Å². The molecule has 4 heteroatoms. The van der Waals surface area contributed by atoms with E-state index in [0.29, 0.717) is 17.8 Å². The van der Waals surface area contributed by atoms with Gasteiger partial charge in [0.25, 0.3) is 0 Å². The summed E-state index contributed by atoms with van der Waals surface area (Å²) in [4.78, 5) is 11.5. The van der Waals surface area contributed by atoms with Gasteiger partial charge in [-0.15, -0.1) is 0 Å².